The molecule has 30 heavy (non-hydrogen) atoms. The van der Waals surface area contributed by atoms with E-state index in [1.165, 1.54) is 15.9 Å². The largest absolute Gasteiger partial charge is 0.384 e. The lowest BCUT2D eigenvalue weighted by Gasteiger charge is -2.22. The second-order valence-corrected chi connectivity index (χ2v) is 8.28. The highest BCUT2D eigenvalue weighted by atomic mass is 32.1. The van der Waals surface area contributed by atoms with Crippen LogP contribution in [0.1, 0.15) is 28.2 Å². The highest BCUT2D eigenvalue weighted by molar-refractivity contribution is 7.07. The van der Waals surface area contributed by atoms with Crippen molar-refractivity contribution in [2.24, 2.45) is 5.73 Å². The van der Waals surface area contributed by atoms with Crippen LogP contribution in [-0.2, 0) is 0 Å². The number of aryl methyl sites for hydroxylation is 2. The lowest BCUT2D eigenvalue weighted by atomic mass is 9.84. The average Bonchev–Trinajstić information content (AvgIpc) is 3.06. The molecular formula is C24H18N4OS. The summed E-state index contributed by atoms with van der Waals surface area (Å²) in [5, 5.41) is 19.8. The number of thiazole rings is 1. The number of hydrogen-bond acceptors (Lipinski definition) is 5. The Labute approximate surface area is 177 Å². The molecule has 5 nitrogen and oxygen atoms in total. The van der Waals surface area contributed by atoms with Crippen LogP contribution in [0.3, 0.4) is 0 Å². The molecule has 1 aliphatic heterocycles. The van der Waals surface area contributed by atoms with Gasteiger partial charge in [-0.3, -0.25) is 9.36 Å². The van der Waals surface area contributed by atoms with Crippen LogP contribution in [0.4, 0.5) is 0 Å². The minimum Gasteiger partial charge on any atom is -0.384 e. The molecule has 0 aliphatic carbocycles. The molecule has 6 heteroatoms. The maximum absolute atomic E-state index is 13.1. The molecular weight excluding hydrogens is 392 g/mol. The Balaban J connectivity index is 2.04. The van der Waals surface area contributed by atoms with Gasteiger partial charge in [-0.2, -0.15) is 10.5 Å². The predicted molar refractivity (Wildman–Crippen MR) is 119 cm³/mol. The molecule has 0 saturated heterocycles. The van der Waals surface area contributed by atoms with Gasteiger partial charge in [0, 0.05) is 0 Å². The van der Waals surface area contributed by atoms with Crippen LogP contribution >= 0.6 is 11.3 Å². The van der Waals surface area contributed by atoms with Crippen molar-refractivity contribution in [2.45, 2.75) is 19.8 Å². The van der Waals surface area contributed by atoms with Gasteiger partial charge in [0.15, 0.2) is 0 Å². The molecule has 146 valence electrons. The van der Waals surface area contributed by atoms with E-state index in [4.69, 9.17) is 5.73 Å². The van der Waals surface area contributed by atoms with Gasteiger partial charge in [-0.15, -0.1) is 11.3 Å². The quantitative estimate of drug-likeness (QED) is 0.702. The summed E-state index contributed by atoms with van der Waals surface area (Å²) in [5.74, 6) is -0.507. The number of allylic oxidation sites excluding steroid dienone is 1. The Hall–Kier alpha value is -3.87. The first kappa shape index (κ1) is 19.4. The van der Waals surface area contributed by atoms with E-state index in [9.17, 15) is 15.3 Å². The fourth-order valence-electron chi connectivity index (χ4n) is 3.56. The minimum atomic E-state index is -0.592. The first-order chi connectivity index (χ1) is 14.4. The summed E-state index contributed by atoms with van der Waals surface area (Å²) in [7, 11) is 0. The molecule has 0 saturated carbocycles. The van der Waals surface area contributed by atoms with Crippen LogP contribution in [0.25, 0.3) is 17.5 Å². The number of fused-ring (bicyclic) bond motifs is 1. The fraction of sp³-hybridized carbons (Fsp3) is 0.125. The van der Waals surface area contributed by atoms with Crippen molar-refractivity contribution in [3.63, 3.8) is 0 Å². The van der Waals surface area contributed by atoms with Gasteiger partial charge < -0.3 is 5.73 Å². The first-order valence-corrected chi connectivity index (χ1v) is 10.2. The van der Waals surface area contributed by atoms with Crippen LogP contribution < -0.4 is 20.5 Å². The summed E-state index contributed by atoms with van der Waals surface area (Å²) in [6.07, 6.45) is 1.78. The third-order valence-electron chi connectivity index (χ3n) is 5.17. The maximum atomic E-state index is 13.1. The molecule has 1 atom stereocenters. The molecule has 0 fully saturated rings. The van der Waals surface area contributed by atoms with Gasteiger partial charge in [0.05, 0.1) is 33.7 Å². The molecule has 2 aromatic carbocycles. The molecule has 2 heterocycles. The zero-order chi connectivity index (χ0) is 21.4. The Kier molecular flexibility index (Phi) is 4.87. The van der Waals surface area contributed by atoms with E-state index in [2.05, 4.69) is 12.1 Å². The number of aromatic nitrogens is 1. The fourth-order valence-corrected chi connectivity index (χ4v) is 4.69. The molecule has 0 radical (unpaired) electrons. The zero-order valence-electron chi connectivity index (χ0n) is 16.5. The molecule has 0 unspecified atom stereocenters. The molecule has 3 aromatic rings. The van der Waals surface area contributed by atoms with E-state index in [1.807, 2.05) is 62.4 Å². The smallest absolute Gasteiger partial charge is 0.274 e. The zero-order valence-corrected chi connectivity index (χ0v) is 17.3. The Morgan fingerprint density at radius 1 is 0.967 bits per heavy atom. The number of rotatable bonds is 2. The van der Waals surface area contributed by atoms with Gasteiger partial charge in [0.2, 0.25) is 0 Å². The second kappa shape index (κ2) is 7.51. The van der Waals surface area contributed by atoms with Crippen molar-refractivity contribution in [1.29, 1.82) is 10.5 Å². The average molecular weight is 411 g/mol. The summed E-state index contributed by atoms with van der Waals surface area (Å²) in [6, 6.07) is 19.8. The van der Waals surface area contributed by atoms with E-state index >= 15 is 0 Å². The summed E-state index contributed by atoms with van der Waals surface area (Å²) in [5.41, 5.74) is 10.4. The van der Waals surface area contributed by atoms with Gasteiger partial charge in [-0.25, -0.2) is 0 Å². The molecule has 4 rings (SSSR count). The number of benzene rings is 2. The van der Waals surface area contributed by atoms with Crippen LogP contribution in [0.15, 0.2) is 58.9 Å². The normalized spacial score (nSPS) is 16.2. The van der Waals surface area contributed by atoms with Crippen LogP contribution in [0.5, 0.6) is 0 Å². The second-order valence-electron chi connectivity index (χ2n) is 7.25. The number of nitrogens with two attached hydrogens (primary N) is 1. The summed E-state index contributed by atoms with van der Waals surface area (Å²) >= 11 is 1.22. The number of hydrogen-bond donors (Lipinski definition) is 1. The molecule has 0 spiro atoms. The first-order valence-electron chi connectivity index (χ1n) is 9.36. The topological polar surface area (TPSA) is 95.6 Å². The highest BCUT2D eigenvalue weighted by Gasteiger charge is 2.32. The molecule has 1 aliphatic rings. The van der Waals surface area contributed by atoms with Crippen LogP contribution in [-0.4, -0.2) is 4.57 Å². The van der Waals surface area contributed by atoms with Crippen molar-refractivity contribution >= 4 is 28.8 Å². The van der Waals surface area contributed by atoms with Crippen molar-refractivity contribution in [1.82, 2.24) is 4.57 Å². The maximum Gasteiger partial charge on any atom is 0.274 e. The SMILES string of the molecule is Cc1ccc(/C=c2\sc3n(c2=O)C(N)=C(C#N)[C@@H](c2ccc(C)cc2)C=3C#N)cc1. The van der Waals surface area contributed by atoms with Crippen LogP contribution in [0.2, 0.25) is 0 Å². The van der Waals surface area contributed by atoms with Gasteiger partial charge >= 0.3 is 0 Å². The molecule has 2 N–H and O–H groups in total. The molecule has 0 amide bonds. The standard InChI is InChI=1S/C24H18N4OS/c1-14-3-7-16(8-4-14)11-20-23(29)28-22(27)18(12-25)21(19(13-26)24(28)30-20)17-9-5-15(2)6-10-17/h3-11,21H,27H2,1-2H3/b20-11-/t21-/m1/s1. The summed E-state index contributed by atoms with van der Waals surface area (Å²) in [6.45, 7) is 3.97. The monoisotopic (exact) mass is 410 g/mol. The summed E-state index contributed by atoms with van der Waals surface area (Å²) < 4.78 is 2.24. The summed E-state index contributed by atoms with van der Waals surface area (Å²) in [4.78, 5) is 13.1. The predicted octanol–water partition coefficient (Wildman–Crippen LogP) is 2.48. The Morgan fingerprint density at radius 2 is 1.53 bits per heavy atom. The van der Waals surface area contributed by atoms with Gasteiger partial charge in [0.25, 0.3) is 5.56 Å². The molecule has 1 aromatic heterocycles. The van der Waals surface area contributed by atoms with E-state index in [0.29, 0.717) is 14.8 Å². The van der Waals surface area contributed by atoms with E-state index < -0.39 is 5.92 Å². The lowest BCUT2D eigenvalue weighted by molar-refractivity contribution is 0.906. The van der Waals surface area contributed by atoms with E-state index in [0.717, 1.165) is 22.3 Å². The van der Waals surface area contributed by atoms with Gasteiger partial charge in [-0.05, 0) is 31.1 Å². The third kappa shape index (κ3) is 3.14. The van der Waals surface area contributed by atoms with Crippen molar-refractivity contribution in [3.8, 4) is 12.1 Å². The number of nitriles is 2. The highest BCUT2D eigenvalue weighted by Crippen LogP contribution is 2.35. The Bertz CT molecular complexity index is 1440. The minimum absolute atomic E-state index is 0.0851. The van der Waals surface area contributed by atoms with Crippen molar-refractivity contribution < 1.29 is 0 Å². The van der Waals surface area contributed by atoms with Crippen molar-refractivity contribution in [2.75, 3.05) is 0 Å². The number of nitrogens with zero attached hydrogens (tertiary/aromatic N) is 3. The van der Waals surface area contributed by atoms with Gasteiger partial charge in [0.1, 0.15) is 10.5 Å². The Morgan fingerprint density at radius 3 is 2.10 bits per heavy atom. The third-order valence-corrected chi connectivity index (χ3v) is 6.28. The van der Waals surface area contributed by atoms with Gasteiger partial charge in [-0.1, -0.05) is 59.7 Å². The van der Waals surface area contributed by atoms with Crippen LogP contribution in [0, 0.1) is 36.5 Å². The lowest BCUT2D eigenvalue weighted by Crippen LogP contribution is -2.38. The molecule has 0 bridgehead atoms. The van der Waals surface area contributed by atoms with Crippen molar-refractivity contribution in [3.05, 3.63) is 95.9 Å². The van der Waals surface area contributed by atoms with E-state index in [-0.39, 0.29) is 17.0 Å². The van der Waals surface area contributed by atoms with E-state index in [1.54, 1.807) is 6.08 Å².